The van der Waals surface area contributed by atoms with Crippen LogP contribution in [0.25, 0.3) is 0 Å². The first-order valence-electron chi connectivity index (χ1n) is 6.49. The fourth-order valence-corrected chi connectivity index (χ4v) is 2.86. The molecule has 3 N–H and O–H groups in total. The summed E-state index contributed by atoms with van der Waals surface area (Å²) < 4.78 is 0. The predicted octanol–water partition coefficient (Wildman–Crippen LogP) is 2.77. The summed E-state index contributed by atoms with van der Waals surface area (Å²) in [7, 11) is 0. The maximum absolute atomic E-state index is 11.8. The lowest BCUT2D eigenvalue weighted by Gasteiger charge is -2.15. The van der Waals surface area contributed by atoms with Crippen molar-refractivity contribution in [2.24, 2.45) is 0 Å². The number of carboxylic acids is 1. The van der Waals surface area contributed by atoms with Gasteiger partial charge in [0.2, 0.25) is 0 Å². The first-order valence-corrected chi connectivity index (χ1v) is 8.76. The Morgan fingerprint density at radius 3 is 2.62 bits per heavy atom. The van der Waals surface area contributed by atoms with Crippen molar-refractivity contribution in [1.29, 1.82) is 0 Å². The number of anilines is 1. The van der Waals surface area contributed by atoms with Gasteiger partial charge in [0.15, 0.2) is 5.13 Å². The molecule has 0 aromatic carbocycles. The molecule has 0 spiro atoms. The first kappa shape index (κ1) is 17.8. The molecule has 0 bridgehead atoms. The van der Waals surface area contributed by atoms with E-state index in [1.807, 2.05) is 32.4 Å². The highest BCUT2D eigenvalue weighted by atomic mass is 32.2. The minimum absolute atomic E-state index is 0.0884. The number of hydrogen-bond donors (Lipinski definition) is 3. The zero-order valence-corrected chi connectivity index (χ0v) is 14.2. The lowest BCUT2D eigenvalue weighted by Crippen LogP contribution is -2.43. The molecule has 1 heterocycles. The Morgan fingerprint density at radius 2 is 2.14 bits per heavy atom. The molecule has 1 rings (SSSR count). The summed E-state index contributed by atoms with van der Waals surface area (Å²) in [6.07, 6.45) is 2.28. The number of urea groups is 1. The molecule has 1 aromatic rings. The standard InChI is InChI=1S/C13H21N3O3S2/c1-13(2,3)9-7-21-12(15-9)16-11(19)14-8(10(17)18)5-6-20-4/h7-8H,5-6H2,1-4H3,(H,17,18)(H2,14,15,16,19)/t8-/m0/s1. The van der Waals surface area contributed by atoms with E-state index in [1.165, 1.54) is 23.1 Å². The Kier molecular flexibility index (Phi) is 6.47. The van der Waals surface area contributed by atoms with Gasteiger partial charge in [-0.15, -0.1) is 11.3 Å². The molecule has 0 saturated heterocycles. The second kappa shape index (κ2) is 7.65. The Bertz CT molecular complexity index is 497. The minimum Gasteiger partial charge on any atom is -0.480 e. The van der Waals surface area contributed by atoms with Gasteiger partial charge in [0.25, 0.3) is 0 Å². The Labute approximate surface area is 132 Å². The zero-order chi connectivity index (χ0) is 16.0. The average molecular weight is 331 g/mol. The second-order valence-electron chi connectivity index (χ2n) is 5.56. The second-order valence-corrected chi connectivity index (χ2v) is 7.40. The van der Waals surface area contributed by atoms with E-state index in [2.05, 4.69) is 15.6 Å². The van der Waals surface area contributed by atoms with E-state index in [1.54, 1.807) is 0 Å². The molecular weight excluding hydrogens is 310 g/mol. The lowest BCUT2D eigenvalue weighted by atomic mass is 9.93. The van der Waals surface area contributed by atoms with Crippen LogP contribution in [0.4, 0.5) is 9.93 Å². The summed E-state index contributed by atoms with van der Waals surface area (Å²) in [6, 6.07) is -1.43. The number of carbonyl (C=O) groups is 2. The van der Waals surface area contributed by atoms with Crippen LogP contribution in [-0.2, 0) is 10.2 Å². The SMILES string of the molecule is CSCC[C@H](NC(=O)Nc1nc(C(C)(C)C)cs1)C(=O)O. The van der Waals surface area contributed by atoms with E-state index >= 15 is 0 Å². The summed E-state index contributed by atoms with van der Waals surface area (Å²) in [5.74, 6) is -0.364. The Hall–Kier alpha value is -1.28. The first-order chi connectivity index (χ1) is 9.74. The fourth-order valence-electron chi connectivity index (χ4n) is 1.46. The van der Waals surface area contributed by atoms with Gasteiger partial charge in [-0.1, -0.05) is 20.8 Å². The van der Waals surface area contributed by atoms with Crippen molar-refractivity contribution in [3.8, 4) is 0 Å². The number of nitrogens with zero attached hydrogens (tertiary/aromatic N) is 1. The number of carbonyl (C=O) groups excluding carboxylic acids is 1. The van der Waals surface area contributed by atoms with Crippen LogP contribution in [0.3, 0.4) is 0 Å². The molecule has 0 aliphatic carbocycles. The van der Waals surface area contributed by atoms with Crippen molar-refractivity contribution in [1.82, 2.24) is 10.3 Å². The largest absolute Gasteiger partial charge is 0.480 e. The number of nitrogens with one attached hydrogen (secondary N) is 2. The van der Waals surface area contributed by atoms with Crippen LogP contribution >= 0.6 is 23.1 Å². The average Bonchev–Trinajstić information content (AvgIpc) is 2.82. The number of carboxylic acid groups (broad SMARTS) is 1. The van der Waals surface area contributed by atoms with Crippen molar-refractivity contribution in [2.75, 3.05) is 17.3 Å². The van der Waals surface area contributed by atoms with Crippen molar-refractivity contribution < 1.29 is 14.7 Å². The minimum atomic E-state index is -1.03. The van der Waals surface area contributed by atoms with Gasteiger partial charge >= 0.3 is 12.0 Å². The number of thiazole rings is 1. The van der Waals surface area contributed by atoms with Crippen LogP contribution in [0.5, 0.6) is 0 Å². The summed E-state index contributed by atoms with van der Waals surface area (Å²) in [6.45, 7) is 6.11. The van der Waals surface area contributed by atoms with Gasteiger partial charge in [-0.2, -0.15) is 11.8 Å². The molecule has 0 aliphatic rings. The third-order valence-corrected chi connectivity index (χ3v) is 4.11. The molecule has 1 atom stereocenters. The molecule has 1 aromatic heterocycles. The van der Waals surface area contributed by atoms with E-state index in [0.29, 0.717) is 17.3 Å². The van der Waals surface area contributed by atoms with Crippen LogP contribution < -0.4 is 10.6 Å². The highest BCUT2D eigenvalue weighted by Crippen LogP contribution is 2.26. The number of amides is 2. The molecule has 0 saturated carbocycles. The summed E-state index contributed by atoms with van der Waals surface area (Å²) in [5, 5.41) is 16.4. The van der Waals surface area contributed by atoms with E-state index < -0.39 is 18.0 Å². The third-order valence-electron chi connectivity index (χ3n) is 2.71. The van der Waals surface area contributed by atoms with Gasteiger partial charge in [0, 0.05) is 10.8 Å². The molecule has 0 fully saturated rings. The van der Waals surface area contributed by atoms with E-state index in [0.717, 1.165) is 5.69 Å². The Morgan fingerprint density at radius 1 is 1.48 bits per heavy atom. The molecule has 8 heteroatoms. The Balaban J connectivity index is 2.60. The third kappa shape index (κ3) is 5.92. The molecule has 0 unspecified atom stereocenters. The van der Waals surface area contributed by atoms with E-state index in [9.17, 15) is 9.59 Å². The van der Waals surface area contributed by atoms with Gasteiger partial charge in [0.1, 0.15) is 6.04 Å². The summed E-state index contributed by atoms with van der Waals surface area (Å²) >= 11 is 2.86. The fraction of sp³-hybridized carbons (Fsp3) is 0.615. The number of thioether (sulfide) groups is 1. The van der Waals surface area contributed by atoms with Crippen LogP contribution in [0.15, 0.2) is 5.38 Å². The van der Waals surface area contributed by atoms with E-state index in [4.69, 9.17) is 5.11 Å². The molecular formula is C13H21N3O3S2. The van der Waals surface area contributed by atoms with Crippen molar-refractivity contribution in [3.05, 3.63) is 11.1 Å². The number of hydrogen-bond acceptors (Lipinski definition) is 5. The molecule has 2 amide bonds. The van der Waals surface area contributed by atoms with Gasteiger partial charge in [0.05, 0.1) is 5.69 Å². The van der Waals surface area contributed by atoms with Gasteiger partial charge in [-0.3, -0.25) is 5.32 Å². The van der Waals surface area contributed by atoms with Gasteiger partial charge in [-0.05, 0) is 18.4 Å². The van der Waals surface area contributed by atoms with Crippen LogP contribution in [0.1, 0.15) is 32.9 Å². The monoisotopic (exact) mass is 331 g/mol. The molecule has 118 valence electrons. The van der Waals surface area contributed by atoms with Crippen LogP contribution in [0.2, 0.25) is 0 Å². The van der Waals surface area contributed by atoms with Crippen LogP contribution in [0, 0.1) is 0 Å². The molecule has 6 nitrogen and oxygen atoms in total. The predicted molar refractivity (Wildman–Crippen MR) is 87.4 cm³/mol. The van der Waals surface area contributed by atoms with Crippen molar-refractivity contribution in [3.63, 3.8) is 0 Å². The quantitative estimate of drug-likeness (QED) is 0.745. The smallest absolute Gasteiger partial charge is 0.326 e. The number of aliphatic carboxylic acids is 1. The van der Waals surface area contributed by atoms with Gasteiger partial charge in [-0.25, -0.2) is 14.6 Å². The van der Waals surface area contributed by atoms with Gasteiger partial charge < -0.3 is 10.4 Å². The van der Waals surface area contributed by atoms with Crippen LogP contribution in [-0.4, -0.2) is 40.1 Å². The van der Waals surface area contributed by atoms with E-state index in [-0.39, 0.29) is 5.41 Å². The zero-order valence-electron chi connectivity index (χ0n) is 12.6. The molecule has 0 aliphatic heterocycles. The van der Waals surface area contributed by atoms with Crippen molar-refractivity contribution in [2.45, 2.75) is 38.6 Å². The number of rotatable bonds is 6. The number of aromatic nitrogens is 1. The lowest BCUT2D eigenvalue weighted by molar-refractivity contribution is -0.139. The summed E-state index contributed by atoms with van der Waals surface area (Å²) in [4.78, 5) is 27.2. The van der Waals surface area contributed by atoms with Crippen molar-refractivity contribution >= 4 is 40.2 Å². The normalized spacial score (nSPS) is 12.8. The maximum Gasteiger partial charge on any atom is 0.326 e. The summed E-state index contributed by atoms with van der Waals surface area (Å²) in [5.41, 5.74) is 0.800. The molecule has 21 heavy (non-hydrogen) atoms. The highest BCUT2D eigenvalue weighted by Gasteiger charge is 2.21. The highest BCUT2D eigenvalue weighted by molar-refractivity contribution is 7.98. The molecule has 0 radical (unpaired) electrons. The maximum atomic E-state index is 11.8. The topological polar surface area (TPSA) is 91.3 Å².